The average Bonchev–Trinajstić information content (AvgIpc) is 2.47. The van der Waals surface area contributed by atoms with E-state index >= 15 is 0 Å². The number of benzene rings is 2. The highest BCUT2D eigenvalue weighted by molar-refractivity contribution is 7.88. The van der Waals surface area contributed by atoms with Crippen molar-refractivity contribution in [1.82, 2.24) is 4.72 Å². The molecule has 0 heterocycles. The zero-order valence-corrected chi connectivity index (χ0v) is 12.1. The van der Waals surface area contributed by atoms with E-state index in [0.29, 0.717) is 11.1 Å². The van der Waals surface area contributed by atoms with Gasteiger partial charge in [0.15, 0.2) is 0 Å². The maximum atomic E-state index is 13.4. The minimum absolute atomic E-state index is 0.0796. The van der Waals surface area contributed by atoms with E-state index in [9.17, 15) is 12.8 Å². The minimum Gasteiger partial charge on any atom is -0.392 e. The predicted octanol–water partition coefficient (Wildman–Crippen LogP) is 1.94. The first kappa shape index (κ1) is 15.6. The van der Waals surface area contributed by atoms with Crippen LogP contribution < -0.4 is 4.72 Å². The lowest BCUT2D eigenvalue weighted by atomic mass is 10.2. The van der Waals surface area contributed by atoms with Crippen molar-refractivity contribution in [1.29, 1.82) is 0 Å². The molecular formula is C15H16FNO3S. The molecule has 0 fully saturated rings. The Hall–Kier alpha value is -1.76. The fourth-order valence-corrected chi connectivity index (χ4v) is 2.95. The van der Waals surface area contributed by atoms with Gasteiger partial charge in [0.1, 0.15) is 5.82 Å². The number of aliphatic hydroxyl groups is 1. The quantitative estimate of drug-likeness (QED) is 0.857. The summed E-state index contributed by atoms with van der Waals surface area (Å²) in [4.78, 5) is 0. The van der Waals surface area contributed by atoms with Gasteiger partial charge in [-0.1, -0.05) is 42.5 Å². The number of halogens is 1. The van der Waals surface area contributed by atoms with Crippen LogP contribution in [0.2, 0.25) is 0 Å². The van der Waals surface area contributed by atoms with Gasteiger partial charge in [0, 0.05) is 12.1 Å². The maximum absolute atomic E-state index is 13.4. The molecule has 0 aliphatic rings. The molecule has 0 aliphatic heterocycles. The molecule has 2 aromatic carbocycles. The molecule has 0 bridgehead atoms. The monoisotopic (exact) mass is 309 g/mol. The van der Waals surface area contributed by atoms with Crippen LogP contribution in [0.25, 0.3) is 0 Å². The number of hydrogen-bond donors (Lipinski definition) is 2. The molecule has 0 spiro atoms. The van der Waals surface area contributed by atoms with Gasteiger partial charge < -0.3 is 5.11 Å². The van der Waals surface area contributed by atoms with Crippen molar-refractivity contribution in [3.63, 3.8) is 0 Å². The van der Waals surface area contributed by atoms with Gasteiger partial charge in [0.05, 0.1) is 12.4 Å². The lowest BCUT2D eigenvalue weighted by molar-refractivity contribution is 0.282. The summed E-state index contributed by atoms with van der Waals surface area (Å²) in [5, 5.41) is 8.93. The van der Waals surface area contributed by atoms with Crippen molar-refractivity contribution in [2.24, 2.45) is 0 Å². The molecule has 2 rings (SSSR count). The molecule has 0 radical (unpaired) electrons. The van der Waals surface area contributed by atoms with E-state index in [0.717, 1.165) is 5.56 Å². The number of aliphatic hydroxyl groups excluding tert-OH is 1. The van der Waals surface area contributed by atoms with Crippen LogP contribution in [-0.2, 0) is 28.9 Å². The zero-order valence-electron chi connectivity index (χ0n) is 11.3. The second-order valence-electron chi connectivity index (χ2n) is 4.65. The fourth-order valence-electron chi connectivity index (χ4n) is 1.84. The Balaban J connectivity index is 2.00. The van der Waals surface area contributed by atoms with Crippen LogP contribution in [-0.4, -0.2) is 13.5 Å². The Labute approximate surface area is 123 Å². The third kappa shape index (κ3) is 4.63. The van der Waals surface area contributed by atoms with Crippen LogP contribution in [0.15, 0.2) is 48.5 Å². The number of rotatable bonds is 6. The maximum Gasteiger partial charge on any atom is 0.216 e. The van der Waals surface area contributed by atoms with Crippen molar-refractivity contribution in [2.45, 2.75) is 18.9 Å². The van der Waals surface area contributed by atoms with Gasteiger partial charge in [0.25, 0.3) is 0 Å². The first-order chi connectivity index (χ1) is 10.00. The molecule has 0 unspecified atom stereocenters. The molecule has 21 heavy (non-hydrogen) atoms. The minimum atomic E-state index is -3.55. The standard InChI is InChI=1S/C15H16FNO3S/c16-15-4-2-1-3-14(15)9-17-21(19,20)11-13-7-5-12(10-18)6-8-13/h1-8,17-18H,9-11H2. The van der Waals surface area contributed by atoms with E-state index in [1.807, 2.05) is 0 Å². The van der Waals surface area contributed by atoms with E-state index in [1.165, 1.54) is 12.1 Å². The molecule has 2 N–H and O–H groups in total. The summed E-state index contributed by atoms with van der Waals surface area (Å²) in [6.07, 6.45) is 0. The summed E-state index contributed by atoms with van der Waals surface area (Å²) in [5.41, 5.74) is 1.63. The van der Waals surface area contributed by atoms with Gasteiger partial charge >= 0.3 is 0 Å². The van der Waals surface area contributed by atoms with Gasteiger partial charge in [-0.05, 0) is 17.2 Å². The van der Waals surface area contributed by atoms with E-state index in [1.54, 1.807) is 36.4 Å². The van der Waals surface area contributed by atoms with E-state index in [4.69, 9.17) is 5.11 Å². The molecule has 4 nitrogen and oxygen atoms in total. The van der Waals surface area contributed by atoms with Crippen molar-refractivity contribution < 1.29 is 17.9 Å². The molecule has 0 aromatic heterocycles. The molecule has 2 aromatic rings. The highest BCUT2D eigenvalue weighted by Gasteiger charge is 2.12. The molecular weight excluding hydrogens is 293 g/mol. The summed E-state index contributed by atoms with van der Waals surface area (Å²) < 4.78 is 39.7. The number of sulfonamides is 1. The molecule has 0 amide bonds. The summed E-state index contributed by atoms with van der Waals surface area (Å²) in [6.45, 7) is -0.164. The van der Waals surface area contributed by atoms with Crippen LogP contribution in [0, 0.1) is 5.82 Å². The second kappa shape index (κ2) is 6.80. The first-order valence-electron chi connectivity index (χ1n) is 6.39. The van der Waals surface area contributed by atoms with E-state index < -0.39 is 15.8 Å². The third-order valence-corrected chi connectivity index (χ3v) is 4.30. The largest absolute Gasteiger partial charge is 0.392 e. The SMILES string of the molecule is O=S(=O)(Cc1ccc(CO)cc1)NCc1ccccc1F. The fraction of sp³-hybridized carbons (Fsp3) is 0.200. The number of hydrogen-bond acceptors (Lipinski definition) is 3. The van der Waals surface area contributed by atoms with Crippen LogP contribution in [0.1, 0.15) is 16.7 Å². The highest BCUT2D eigenvalue weighted by atomic mass is 32.2. The van der Waals surface area contributed by atoms with Crippen molar-refractivity contribution in [3.05, 3.63) is 71.0 Å². The normalized spacial score (nSPS) is 11.5. The predicted molar refractivity (Wildman–Crippen MR) is 78.2 cm³/mol. The van der Waals surface area contributed by atoms with Crippen LogP contribution in [0.4, 0.5) is 4.39 Å². The second-order valence-corrected chi connectivity index (χ2v) is 6.45. The van der Waals surface area contributed by atoms with Crippen molar-refractivity contribution in [2.75, 3.05) is 0 Å². The van der Waals surface area contributed by atoms with Crippen LogP contribution in [0.3, 0.4) is 0 Å². The molecule has 0 aliphatic carbocycles. The third-order valence-electron chi connectivity index (χ3n) is 3.00. The molecule has 6 heteroatoms. The lowest BCUT2D eigenvalue weighted by Gasteiger charge is -2.08. The Morgan fingerprint density at radius 3 is 2.24 bits per heavy atom. The van der Waals surface area contributed by atoms with Gasteiger partial charge in [-0.3, -0.25) is 0 Å². The number of nitrogens with one attached hydrogen (secondary N) is 1. The Kier molecular flexibility index (Phi) is 5.06. The van der Waals surface area contributed by atoms with E-state index in [2.05, 4.69) is 4.72 Å². The summed E-state index contributed by atoms with van der Waals surface area (Å²) in [7, 11) is -3.55. The average molecular weight is 309 g/mol. The topological polar surface area (TPSA) is 66.4 Å². The van der Waals surface area contributed by atoms with Crippen LogP contribution in [0.5, 0.6) is 0 Å². The first-order valence-corrected chi connectivity index (χ1v) is 8.05. The van der Waals surface area contributed by atoms with Crippen LogP contribution >= 0.6 is 0 Å². The summed E-state index contributed by atoms with van der Waals surface area (Å²) >= 11 is 0. The smallest absolute Gasteiger partial charge is 0.216 e. The van der Waals surface area contributed by atoms with Gasteiger partial charge in [-0.15, -0.1) is 0 Å². The Morgan fingerprint density at radius 2 is 1.62 bits per heavy atom. The van der Waals surface area contributed by atoms with Crippen molar-refractivity contribution in [3.8, 4) is 0 Å². The van der Waals surface area contributed by atoms with Gasteiger partial charge in [0.2, 0.25) is 10.0 Å². The zero-order chi connectivity index (χ0) is 15.3. The van der Waals surface area contributed by atoms with Gasteiger partial charge in [-0.25, -0.2) is 17.5 Å². The summed E-state index contributed by atoms with van der Waals surface area (Å²) in [6, 6.07) is 12.7. The lowest BCUT2D eigenvalue weighted by Crippen LogP contribution is -2.25. The molecule has 112 valence electrons. The van der Waals surface area contributed by atoms with Gasteiger partial charge in [-0.2, -0.15) is 0 Å². The van der Waals surface area contributed by atoms with Crippen molar-refractivity contribution >= 4 is 10.0 Å². The Bertz CT molecular complexity index is 699. The Morgan fingerprint density at radius 1 is 1.00 bits per heavy atom. The van der Waals surface area contributed by atoms with E-state index in [-0.39, 0.29) is 18.9 Å². The highest BCUT2D eigenvalue weighted by Crippen LogP contribution is 2.10. The molecule has 0 atom stereocenters. The molecule has 0 saturated heterocycles. The summed E-state index contributed by atoms with van der Waals surface area (Å²) in [5.74, 6) is -0.625. The molecule has 0 saturated carbocycles.